The lowest BCUT2D eigenvalue weighted by molar-refractivity contribution is -0.126. The van der Waals surface area contributed by atoms with Gasteiger partial charge in [0.1, 0.15) is 0 Å². The predicted octanol–water partition coefficient (Wildman–Crippen LogP) is 1.78. The lowest BCUT2D eigenvalue weighted by atomic mass is 10.1. The van der Waals surface area contributed by atoms with Gasteiger partial charge in [0.05, 0.1) is 11.7 Å². The first kappa shape index (κ1) is 14.6. The maximum atomic E-state index is 12.3. The molecule has 0 bridgehead atoms. The van der Waals surface area contributed by atoms with E-state index in [-0.39, 0.29) is 11.9 Å². The summed E-state index contributed by atoms with van der Waals surface area (Å²) in [7, 11) is 2.01. The molecule has 116 valence electrons. The number of hydrogen-bond donors (Lipinski definition) is 2. The molecule has 0 aliphatic heterocycles. The van der Waals surface area contributed by atoms with Crippen LogP contribution in [0.2, 0.25) is 0 Å². The van der Waals surface area contributed by atoms with E-state index in [9.17, 15) is 4.79 Å². The van der Waals surface area contributed by atoms with Crippen LogP contribution in [0.25, 0.3) is 0 Å². The molecule has 2 N–H and O–H groups in total. The maximum absolute atomic E-state index is 12.3. The SMILES string of the molecule is CC(C(=O)NC1CCCC1)N(C)Cc1n[nH]c2c1CCC2. The average Bonchev–Trinajstić information content (AvgIpc) is 3.17. The van der Waals surface area contributed by atoms with E-state index in [4.69, 9.17) is 0 Å². The van der Waals surface area contributed by atoms with Crippen LogP contribution in [0.1, 0.15) is 56.0 Å². The summed E-state index contributed by atoms with van der Waals surface area (Å²) in [5, 5.41) is 10.7. The van der Waals surface area contributed by atoms with Crippen LogP contribution in [0.4, 0.5) is 0 Å². The molecule has 1 amide bonds. The zero-order valence-corrected chi connectivity index (χ0v) is 13.1. The van der Waals surface area contributed by atoms with E-state index < -0.39 is 0 Å². The van der Waals surface area contributed by atoms with Crippen molar-refractivity contribution in [3.8, 4) is 0 Å². The van der Waals surface area contributed by atoms with E-state index in [1.54, 1.807) is 0 Å². The molecular formula is C16H26N4O. The van der Waals surface area contributed by atoms with Gasteiger partial charge in [-0.15, -0.1) is 0 Å². The summed E-state index contributed by atoms with van der Waals surface area (Å²) in [6, 6.07) is 0.280. The number of amides is 1. The first-order valence-corrected chi connectivity index (χ1v) is 8.20. The molecule has 21 heavy (non-hydrogen) atoms. The third-order valence-electron chi connectivity index (χ3n) is 5.03. The smallest absolute Gasteiger partial charge is 0.237 e. The van der Waals surface area contributed by atoms with Gasteiger partial charge < -0.3 is 5.32 Å². The zero-order chi connectivity index (χ0) is 14.8. The number of carbonyl (C=O) groups is 1. The summed E-state index contributed by atoms with van der Waals surface area (Å²) < 4.78 is 0. The minimum Gasteiger partial charge on any atom is -0.352 e. The standard InChI is InChI=1S/C16H26N4O/c1-11(16(21)17-12-6-3-4-7-12)20(2)10-15-13-8-5-9-14(13)18-19-15/h11-12H,3-10H2,1-2H3,(H,17,21)(H,18,19). The molecular weight excluding hydrogens is 264 g/mol. The summed E-state index contributed by atoms with van der Waals surface area (Å²) in [5.74, 6) is 0.150. The van der Waals surface area contributed by atoms with Crippen molar-refractivity contribution in [3.05, 3.63) is 17.0 Å². The number of carbonyl (C=O) groups excluding carboxylic acids is 1. The number of H-pyrrole nitrogens is 1. The second kappa shape index (κ2) is 6.18. The second-order valence-corrected chi connectivity index (χ2v) is 6.56. The quantitative estimate of drug-likeness (QED) is 0.869. The summed E-state index contributed by atoms with van der Waals surface area (Å²) >= 11 is 0. The van der Waals surface area contributed by atoms with Crippen molar-refractivity contribution in [3.63, 3.8) is 0 Å². The molecule has 0 radical (unpaired) electrons. The Morgan fingerprint density at radius 2 is 2.14 bits per heavy atom. The van der Waals surface area contributed by atoms with Gasteiger partial charge in [-0.1, -0.05) is 12.8 Å². The number of fused-ring (bicyclic) bond motifs is 1. The molecule has 2 aliphatic carbocycles. The molecule has 3 rings (SSSR count). The zero-order valence-electron chi connectivity index (χ0n) is 13.1. The van der Waals surface area contributed by atoms with Crippen LogP contribution >= 0.6 is 0 Å². The van der Waals surface area contributed by atoms with E-state index in [1.165, 1.54) is 30.5 Å². The van der Waals surface area contributed by atoms with Crippen LogP contribution < -0.4 is 5.32 Å². The summed E-state index contributed by atoms with van der Waals surface area (Å²) in [4.78, 5) is 14.4. The number of aromatic nitrogens is 2. The van der Waals surface area contributed by atoms with Gasteiger partial charge in [-0.2, -0.15) is 5.10 Å². The Labute approximate surface area is 126 Å². The van der Waals surface area contributed by atoms with Crippen molar-refractivity contribution in [2.24, 2.45) is 0 Å². The summed E-state index contributed by atoms with van der Waals surface area (Å²) in [6.07, 6.45) is 8.22. The van der Waals surface area contributed by atoms with Gasteiger partial charge in [0.2, 0.25) is 5.91 Å². The lowest BCUT2D eigenvalue weighted by Gasteiger charge is -2.25. The molecule has 1 saturated carbocycles. The topological polar surface area (TPSA) is 61.0 Å². The van der Waals surface area contributed by atoms with Crippen molar-refractivity contribution < 1.29 is 4.79 Å². The Balaban J connectivity index is 1.56. The molecule has 1 fully saturated rings. The van der Waals surface area contributed by atoms with Crippen molar-refractivity contribution in [1.82, 2.24) is 20.4 Å². The first-order chi connectivity index (χ1) is 10.1. The van der Waals surface area contributed by atoms with E-state index >= 15 is 0 Å². The van der Waals surface area contributed by atoms with E-state index in [2.05, 4.69) is 20.4 Å². The van der Waals surface area contributed by atoms with Crippen LogP contribution in [-0.2, 0) is 24.2 Å². The fourth-order valence-corrected chi connectivity index (χ4v) is 3.48. The molecule has 1 aromatic rings. The number of likely N-dealkylation sites (N-methyl/N-ethyl adjacent to an activating group) is 1. The fraction of sp³-hybridized carbons (Fsp3) is 0.750. The molecule has 0 saturated heterocycles. The highest BCUT2D eigenvalue weighted by molar-refractivity contribution is 5.81. The Bertz CT molecular complexity index is 504. The van der Waals surface area contributed by atoms with Crippen molar-refractivity contribution in [2.45, 2.75) is 70.5 Å². The second-order valence-electron chi connectivity index (χ2n) is 6.56. The Kier molecular flexibility index (Phi) is 4.29. The van der Waals surface area contributed by atoms with E-state index in [0.29, 0.717) is 6.04 Å². The molecule has 1 unspecified atom stereocenters. The predicted molar refractivity (Wildman–Crippen MR) is 81.9 cm³/mol. The normalized spacial score (nSPS) is 20.0. The molecule has 1 heterocycles. The molecule has 0 spiro atoms. The third kappa shape index (κ3) is 3.12. The van der Waals surface area contributed by atoms with Gasteiger partial charge in [0.15, 0.2) is 0 Å². The molecule has 5 nitrogen and oxygen atoms in total. The average molecular weight is 290 g/mol. The summed E-state index contributed by atoms with van der Waals surface area (Å²) in [6.45, 7) is 2.72. The third-order valence-corrected chi connectivity index (χ3v) is 5.03. The van der Waals surface area contributed by atoms with Crippen LogP contribution in [-0.4, -0.2) is 40.1 Å². The molecule has 2 aliphatic rings. The van der Waals surface area contributed by atoms with E-state index in [0.717, 1.165) is 37.9 Å². The van der Waals surface area contributed by atoms with E-state index in [1.807, 2.05) is 14.0 Å². The highest BCUT2D eigenvalue weighted by Gasteiger charge is 2.25. The first-order valence-electron chi connectivity index (χ1n) is 8.20. The van der Waals surface area contributed by atoms with Crippen LogP contribution in [0.3, 0.4) is 0 Å². The number of nitrogens with one attached hydrogen (secondary N) is 2. The Hall–Kier alpha value is -1.36. The largest absolute Gasteiger partial charge is 0.352 e. The van der Waals surface area contributed by atoms with Gasteiger partial charge in [-0.05, 0) is 51.6 Å². The van der Waals surface area contributed by atoms with Crippen LogP contribution in [0.15, 0.2) is 0 Å². The highest BCUT2D eigenvalue weighted by Crippen LogP contribution is 2.24. The number of rotatable bonds is 5. The highest BCUT2D eigenvalue weighted by atomic mass is 16.2. The Morgan fingerprint density at radius 1 is 1.38 bits per heavy atom. The molecule has 1 atom stereocenters. The van der Waals surface area contributed by atoms with Crippen molar-refractivity contribution in [2.75, 3.05) is 7.05 Å². The van der Waals surface area contributed by atoms with Crippen LogP contribution in [0.5, 0.6) is 0 Å². The molecule has 5 heteroatoms. The van der Waals surface area contributed by atoms with Crippen LogP contribution in [0, 0.1) is 0 Å². The maximum Gasteiger partial charge on any atom is 0.237 e. The number of aryl methyl sites for hydroxylation is 1. The number of aromatic amines is 1. The van der Waals surface area contributed by atoms with Gasteiger partial charge in [-0.25, -0.2) is 0 Å². The number of hydrogen-bond acceptors (Lipinski definition) is 3. The Morgan fingerprint density at radius 3 is 2.90 bits per heavy atom. The number of nitrogens with zero attached hydrogens (tertiary/aromatic N) is 2. The van der Waals surface area contributed by atoms with Crippen molar-refractivity contribution in [1.29, 1.82) is 0 Å². The minimum absolute atomic E-state index is 0.112. The van der Waals surface area contributed by atoms with Gasteiger partial charge in [0.25, 0.3) is 0 Å². The van der Waals surface area contributed by atoms with Crippen molar-refractivity contribution >= 4 is 5.91 Å². The van der Waals surface area contributed by atoms with Gasteiger partial charge >= 0.3 is 0 Å². The van der Waals surface area contributed by atoms with Gasteiger partial charge in [-0.3, -0.25) is 14.8 Å². The summed E-state index contributed by atoms with van der Waals surface area (Å²) in [5.41, 5.74) is 3.79. The molecule has 1 aromatic heterocycles. The monoisotopic (exact) mass is 290 g/mol. The fourth-order valence-electron chi connectivity index (χ4n) is 3.48. The van der Waals surface area contributed by atoms with Gasteiger partial charge in [0, 0.05) is 18.3 Å². The minimum atomic E-state index is -0.112. The lowest BCUT2D eigenvalue weighted by Crippen LogP contribution is -2.46. The molecule has 0 aromatic carbocycles.